The maximum Gasteiger partial charge on any atom is 0.0542 e. The maximum absolute atomic E-state index is 4.29. The van der Waals surface area contributed by atoms with Crippen LogP contribution in [0.1, 0.15) is 72.2 Å². The van der Waals surface area contributed by atoms with E-state index in [-0.39, 0.29) is 0 Å². The Morgan fingerprint density at radius 3 is 1.87 bits per heavy atom. The third-order valence-electron chi connectivity index (χ3n) is 10.3. The fourth-order valence-electron chi connectivity index (χ4n) is 8.16. The Hall–Kier alpha value is -3.70. The van der Waals surface area contributed by atoms with Gasteiger partial charge in [0, 0.05) is 38.2 Å². The van der Waals surface area contributed by atoms with Gasteiger partial charge in [0.15, 0.2) is 0 Å². The third kappa shape index (κ3) is 4.45. The van der Waals surface area contributed by atoms with Gasteiger partial charge in [0.1, 0.15) is 0 Å². The average molecular weight is 635 g/mol. The third-order valence-corrected chi connectivity index (χ3v) is 15.9. The number of anilines is 4. The molecule has 0 saturated carbocycles. The van der Waals surface area contributed by atoms with Gasteiger partial charge in [-0.25, -0.2) is 0 Å². The molecule has 9 rings (SSSR count). The summed E-state index contributed by atoms with van der Waals surface area (Å²) in [6, 6.07) is 19.7. The lowest BCUT2D eigenvalue weighted by Crippen LogP contribution is -2.29. The molecule has 0 saturated heterocycles. The highest BCUT2D eigenvalue weighted by atomic mass is 31.1. The summed E-state index contributed by atoms with van der Waals surface area (Å²) in [5.41, 5.74) is 17.4. The van der Waals surface area contributed by atoms with Crippen molar-refractivity contribution in [3.63, 3.8) is 0 Å². The summed E-state index contributed by atoms with van der Waals surface area (Å²) in [5.74, 6) is 0. The van der Waals surface area contributed by atoms with Gasteiger partial charge in [0.25, 0.3) is 0 Å². The van der Waals surface area contributed by atoms with Gasteiger partial charge in [-0.3, -0.25) is 0 Å². The number of benzene rings is 4. The Morgan fingerprint density at radius 1 is 0.500 bits per heavy atom. The van der Waals surface area contributed by atoms with E-state index in [0.29, 0.717) is 11.3 Å². The van der Waals surface area contributed by atoms with E-state index >= 15 is 0 Å². The van der Waals surface area contributed by atoms with Crippen LogP contribution in [0.3, 0.4) is 0 Å². The first kappa shape index (κ1) is 28.5. The van der Waals surface area contributed by atoms with Gasteiger partial charge in [0.05, 0.1) is 11.4 Å². The van der Waals surface area contributed by atoms with Crippen LogP contribution in [0, 0.1) is 0 Å². The molecule has 4 heteroatoms. The number of fused-ring (bicyclic) bond motifs is 10. The fraction of sp³-hybridized carbons (Fsp3) is 0.238. The van der Waals surface area contributed by atoms with Crippen LogP contribution in [-0.2, 0) is 25.7 Å². The molecule has 0 radical (unpaired) electrons. The minimum Gasteiger partial charge on any atom is -0.354 e. The molecule has 2 N–H and O–H groups in total. The second-order valence-electron chi connectivity index (χ2n) is 13.8. The number of hydrogen-bond donors (Lipinski definition) is 2. The van der Waals surface area contributed by atoms with Crippen molar-refractivity contribution in [2.75, 3.05) is 10.6 Å². The highest BCUT2D eigenvalue weighted by Crippen LogP contribution is 2.51. The van der Waals surface area contributed by atoms with Gasteiger partial charge in [-0.05, 0) is 116 Å². The van der Waals surface area contributed by atoms with Crippen LogP contribution in [0.15, 0.2) is 72.8 Å². The van der Waals surface area contributed by atoms with Gasteiger partial charge < -0.3 is 10.6 Å². The Bertz CT molecular complexity index is 2080. The summed E-state index contributed by atoms with van der Waals surface area (Å²) in [4.78, 5) is 0. The fourth-order valence-corrected chi connectivity index (χ4v) is 13.6. The van der Waals surface area contributed by atoms with Gasteiger partial charge >= 0.3 is 0 Å². The standard InChI is InChI=1S/C42H40N2P2/c1-25(2)45-37-19-17-27-9-7-15-33(27)41(37)44-42-34-16-8-10-28(34)18-20-38(42)46(26(3)4)40-24-32-14-6-12-30(32)22-36(40)43-35-21-29-11-5-13-31(29)23-39(35)45/h5-9,11,14,16-26,43-44H,10,12-13,15H2,1-4H3. The van der Waals surface area contributed by atoms with Crippen molar-refractivity contribution in [2.45, 2.75) is 64.7 Å². The van der Waals surface area contributed by atoms with Crippen molar-refractivity contribution >= 4 is 84.1 Å². The Balaban J connectivity index is 1.39. The topological polar surface area (TPSA) is 24.1 Å². The largest absolute Gasteiger partial charge is 0.354 e. The molecule has 5 aliphatic rings. The van der Waals surface area contributed by atoms with Gasteiger partial charge in [-0.15, -0.1) is 0 Å². The van der Waals surface area contributed by atoms with E-state index in [4.69, 9.17) is 0 Å². The van der Waals surface area contributed by atoms with E-state index in [1.54, 1.807) is 0 Å². The molecule has 4 aromatic rings. The zero-order chi connectivity index (χ0) is 31.1. The first-order chi connectivity index (χ1) is 22.4. The monoisotopic (exact) mass is 634 g/mol. The molecule has 1 aliphatic heterocycles. The van der Waals surface area contributed by atoms with Crippen molar-refractivity contribution in [2.24, 2.45) is 0 Å². The summed E-state index contributed by atoms with van der Waals surface area (Å²) >= 11 is 0. The minimum atomic E-state index is -0.699. The Labute approximate surface area is 275 Å². The van der Waals surface area contributed by atoms with Crippen LogP contribution in [0.4, 0.5) is 22.7 Å². The Morgan fingerprint density at radius 2 is 1.09 bits per heavy atom. The number of hydrogen-bond acceptors (Lipinski definition) is 2. The van der Waals surface area contributed by atoms with Crippen LogP contribution in [-0.4, -0.2) is 11.3 Å². The summed E-state index contributed by atoms with van der Waals surface area (Å²) in [6.07, 6.45) is 22.7. The number of rotatable bonds is 2. The number of allylic oxidation sites excluding steroid dienone is 4. The highest BCUT2D eigenvalue weighted by Gasteiger charge is 2.33. The predicted octanol–water partition coefficient (Wildman–Crippen LogP) is 9.45. The van der Waals surface area contributed by atoms with Crippen LogP contribution >= 0.6 is 15.8 Å². The van der Waals surface area contributed by atoms with E-state index in [1.807, 2.05) is 0 Å². The summed E-state index contributed by atoms with van der Waals surface area (Å²) in [6.45, 7) is 9.72. The van der Waals surface area contributed by atoms with Crippen molar-refractivity contribution < 1.29 is 0 Å². The lowest BCUT2D eigenvalue weighted by molar-refractivity contribution is 1.10. The van der Waals surface area contributed by atoms with Crippen molar-refractivity contribution in [1.29, 1.82) is 0 Å². The molecule has 228 valence electrons. The molecule has 0 aromatic heterocycles. The molecule has 4 aliphatic carbocycles. The van der Waals surface area contributed by atoms with E-state index in [1.165, 1.54) is 88.5 Å². The molecule has 2 unspecified atom stereocenters. The van der Waals surface area contributed by atoms with E-state index in [2.05, 4.69) is 135 Å². The van der Waals surface area contributed by atoms with Crippen LogP contribution in [0.2, 0.25) is 0 Å². The minimum absolute atomic E-state index is 0.462. The molecule has 1 heterocycles. The molecule has 46 heavy (non-hydrogen) atoms. The summed E-state index contributed by atoms with van der Waals surface area (Å²) in [7, 11) is -1.39. The lowest BCUT2D eigenvalue weighted by atomic mass is 10.0. The Kier molecular flexibility index (Phi) is 6.78. The molecule has 0 bridgehead atoms. The molecule has 2 atom stereocenters. The normalized spacial score (nSPS) is 19.3. The van der Waals surface area contributed by atoms with Crippen molar-refractivity contribution in [1.82, 2.24) is 0 Å². The summed E-state index contributed by atoms with van der Waals surface area (Å²) < 4.78 is 0. The molecule has 0 spiro atoms. The van der Waals surface area contributed by atoms with E-state index in [0.717, 1.165) is 25.7 Å². The average Bonchev–Trinajstić information content (AvgIpc) is 3.85. The van der Waals surface area contributed by atoms with Gasteiger partial charge in [-0.1, -0.05) is 101 Å². The first-order valence-corrected chi connectivity index (χ1v) is 19.7. The van der Waals surface area contributed by atoms with Gasteiger partial charge in [-0.2, -0.15) is 0 Å². The first-order valence-electron chi connectivity index (χ1n) is 16.9. The van der Waals surface area contributed by atoms with Crippen molar-refractivity contribution in [3.05, 3.63) is 117 Å². The number of nitrogens with one attached hydrogen (secondary N) is 2. The van der Waals surface area contributed by atoms with Gasteiger partial charge in [0.2, 0.25) is 0 Å². The smallest absolute Gasteiger partial charge is 0.0542 e. The maximum atomic E-state index is 4.29. The van der Waals surface area contributed by atoms with Crippen LogP contribution in [0.25, 0.3) is 24.3 Å². The molecule has 4 aromatic carbocycles. The molecule has 0 amide bonds. The highest BCUT2D eigenvalue weighted by molar-refractivity contribution is 7.74. The quantitative estimate of drug-likeness (QED) is 0.215. The zero-order valence-electron chi connectivity index (χ0n) is 27.1. The molecule has 0 fully saturated rings. The molecular weight excluding hydrogens is 594 g/mol. The van der Waals surface area contributed by atoms with Crippen molar-refractivity contribution in [3.8, 4) is 0 Å². The second-order valence-corrected chi connectivity index (χ2v) is 19.3. The predicted molar refractivity (Wildman–Crippen MR) is 206 cm³/mol. The van der Waals surface area contributed by atoms with Crippen LogP contribution < -0.4 is 31.9 Å². The van der Waals surface area contributed by atoms with E-state index < -0.39 is 15.8 Å². The SMILES string of the molecule is CC(C)P1c2cc3c(cc2Nc2cc4c(cc2P(C(C)C)c2ccc5c(c2Nc2c1ccc1c2C=CC1)CC=C5)CC=C4)CC=C3. The summed E-state index contributed by atoms with van der Waals surface area (Å²) in [5, 5.41) is 14.3. The second kappa shape index (κ2) is 10.9. The lowest BCUT2D eigenvalue weighted by Gasteiger charge is -2.34. The molecular formula is C42H40N2P2. The molecule has 2 nitrogen and oxygen atoms in total. The van der Waals surface area contributed by atoms with E-state index in [9.17, 15) is 0 Å². The van der Waals surface area contributed by atoms with Crippen LogP contribution in [0.5, 0.6) is 0 Å². The zero-order valence-corrected chi connectivity index (χ0v) is 28.9.